The maximum Gasteiger partial charge on any atom is 0.573 e. The highest BCUT2D eigenvalue weighted by Crippen LogP contribution is 2.42. The predicted molar refractivity (Wildman–Crippen MR) is 164 cm³/mol. The molecular formula is C32H27F3N4O6S. The highest BCUT2D eigenvalue weighted by molar-refractivity contribution is 8.15. The second kappa shape index (κ2) is 14.2. The third-order valence-corrected chi connectivity index (χ3v) is 7.77. The van der Waals surface area contributed by atoms with Crippen molar-refractivity contribution in [3.05, 3.63) is 114 Å². The Hall–Kier alpha value is -5.24. The van der Waals surface area contributed by atoms with Gasteiger partial charge in [0, 0.05) is 11.8 Å². The van der Waals surface area contributed by atoms with Gasteiger partial charge in [0.2, 0.25) is 11.8 Å². The van der Waals surface area contributed by atoms with Crippen molar-refractivity contribution >= 4 is 46.2 Å². The Balaban J connectivity index is 1.25. The number of benzene rings is 3. The van der Waals surface area contributed by atoms with Crippen LogP contribution in [0.25, 0.3) is 0 Å². The molecule has 0 aliphatic carbocycles. The summed E-state index contributed by atoms with van der Waals surface area (Å²) in [5.74, 6) is -0.747. The van der Waals surface area contributed by atoms with E-state index in [0.29, 0.717) is 17.0 Å². The molecule has 46 heavy (non-hydrogen) atoms. The van der Waals surface area contributed by atoms with E-state index in [1.165, 1.54) is 30.2 Å². The van der Waals surface area contributed by atoms with Gasteiger partial charge in [-0.1, -0.05) is 60.3 Å². The van der Waals surface area contributed by atoms with E-state index in [1.807, 2.05) is 30.3 Å². The summed E-state index contributed by atoms with van der Waals surface area (Å²) in [4.78, 5) is 44.2. The number of nitrogens with zero attached hydrogens (tertiary/aromatic N) is 2. The fraction of sp³-hybridized carbons (Fsp3) is 0.188. The van der Waals surface area contributed by atoms with Crippen LogP contribution in [0.5, 0.6) is 5.75 Å². The van der Waals surface area contributed by atoms with E-state index in [9.17, 15) is 27.6 Å². The van der Waals surface area contributed by atoms with Gasteiger partial charge >= 0.3 is 12.5 Å². The number of alkyl carbamates (subject to hydrolysis) is 1. The average molecular weight is 653 g/mol. The number of alkyl halides is 3. The van der Waals surface area contributed by atoms with Crippen LogP contribution in [0.2, 0.25) is 0 Å². The van der Waals surface area contributed by atoms with Crippen LogP contribution in [0.1, 0.15) is 29.1 Å². The molecule has 1 saturated heterocycles. The van der Waals surface area contributed by atoms with Crippen molar-refractivity contribution in [2.24, 2.45) is 4.99 Å². The van der Waals surface area contributed by atoms with E-state index >= 15 is 0 Å². The Morgan fingerprint density at radius 1 is 1.02 bits per heavy atom. The van der Waals surface area contributed by atoms with Gasteiger partial charge in [0.15, 0.2) is 5.17 Å². The molecule has 2 atom stereocenters. The first-order valence-corrected chi connectivity index (χ1v) is 14.7. The van der Waals surface area contributed by atoms with Crippen LogP contribution in [-0.4, -0.2) is 40.4 Å². The first-order chi connectivity index (χ1) is 22.0. The van der Waals surface area contributed by atoms with E-state index in [4.69, 9.17) is 9.15 Å². The molecule has 0 bridgehead atoms. The number of ether oxygens (including phenoxy) is 2. The van der Waals surface area contributed by atoms with Gasteiger partial charge in [-0.05, 0) is 54.4 Å². The molecule has 4 aromatic rings. The Bertz CT molecular complexity index is 1700. The highest BCUT2D eigenvalue weighted by Gasteiger charge is 2.39. The molecule has 1 unspecified atom stereocenters. The zero-order chi connectivity index (χ0) is 32.7. The molecule has 1 aliphatic heterocycles. The van der Waals surface area contributed by atoms with Gasteiger partial charge in [0.25, 0.3) is 0 Å². The van der Waals surface area contributed by atoms with Crippen LogP contribution in [0.4, 0.5) is 29.3 Å². The number of rotatable bonds is 10. The highest BCUT2D eigenvalue weighted by atomic mass is 32.2. The number of halogens is 3. The third kappa shape index (κ3) is 8.69. The van der Waals surface area contributed by atoms with E-state index in [0.717, 1.165) is 29.5 Å². The summed E-state index contributed by atoms with van der Waals surface area (Å²) in [6.45, 7) is 1.63. The summed E-state index contributed by atoms with van der Waals surface area (Å²) in [6.07, 6.45) is -4.14. The molecule has 0 saturated carbocycles. The van der Waals surface area contributed by atoms with Crippen molar-refractivity contribution in [1.82, 2.24) is 10.2 Å². The number of furan rings is 1. The fourth-order valence-electron chi connectivity index (χ4n) is 4.32. The number of thioether (sulfide) groups is 1. The minimum Gasteiger partial charge on any atom is -0.467 e. The van der Waals surface area contributed by atoms with Crippen molar-refractivity contribution in [1.29, 1.82) is 0 Å². The third-order valence-electron chi connectivity index (χ3n) is 6.54. The molecule has 3 amide bonds. The Kier molecular flexibility index (Phi) is 9.96. The summed E-state index contributed by atoms with van der Waals surface area (Å²) in [6, 6.07) is 23.3. The van der Waals surface area contributed by atoms with Gasteiger partial charge in [-0.15, -0.1) is 13.2 Å². The number of amidine groups is 1. The van der Waals surface area contributed by atoms with E-state index < -0.39 is 35.4 Å². The van der Waals surface area contributed by atoms with Gasteiger partial charge in [-0.3, -0.25) is 14.5 Å². The molecule has 1 aliphatic rings. The van der Waals surface area contributed by atoms with E-state index in [1.54, 1.807) is 36.4 Å². The van der Waals surface area contributed by atoms with Crippen molar-refractivity contribution < 1.29 is 41.4 Å². The number of anilines is 1. The molecule has 0 radical (unpaired) electrons. The summed E-state index contributed by atoms with van der Waals surface area (Å²) in [7, 11) is 0. The normalized spacial score (nSPS) is 16.3. The number of hydrogen-bond acceptors (Lipinski definition) is 8. The maximum absolute atomic E-state index is 13.6. The summed E-state index contributed by atoms with van der Waals surface area (Å²) >= 11 is 1.12. The minimum absolute atomic E-state index is 0.0553. The van der Waals surface area contributed by atoms with Gasteiger partial charge in [-0.25, -0.2) is 9.79 Å². The first kappa shape index (κ1) is 32.2. The van der Waals surface area contributed by atoms with E-state index in [-0.39, 0.29) is 29.9 Å². The predicted octanol–water partition coefficient (Wildman–Crippen LogP) is 6.94. The number of aliphatic imine (C=N–C) groups is 1. The molecule has 3 aromatic carbocycles. The van der Waals surface area contributed by atoms with Crippen molar-refractivity contribution in [3.63, 3.8) is 0 Å². The van der Waals surface area contributed by atoms with Crippen molar-refractivity contribution in [2.75, 3.05) is 5.32 Å². The van der Waals surface area contributed by atoms with Crippen molar-refractivity contribution in [2.45, 2.75) is 37.7 Å². The number of hydrogen-bond donors (Lipinski definition) is 2. The number of nitrogens with one attached hydrogen (secondary N) is 2. The van der Waals surface area contributed by atoms with Crippen LogP contribution >= 0.6 is 11.8 Å². The van der Waals surface area contributed by atoms with Crippen LogP contribution in [-0.2, 0) is 27.5 Å². The van der Waals surface area contributed by atoms with Crippen LogP contribution in [0.15, 0.2) is 107 Å². The molecular weight excluding hydrogens is 625 g/mol. The minimum atomic E-state index is -4.87. The monoisotopic (exact) mass is 652 g/mol. The fourth-order valence-corrected chi connectivity index (χ4v) is 5.49. The van der Waals surface area contributed by atoms with Crippen LogP contribution in [0.3, 0.4) is 0 Å². The topological polar surface area (TPSA) is 122 Å². The quantitative estimate of drug-likeness (QED) is 0.190. The summed E-state index contributed by atoms with van der Waals surface area (Å²) < 4.78 is 52.8. The zero-order valence-electron chi connectivity index (χ0n) is 24.2. The first-order valence-electron chi connectivity index (χ1n) is 13.9. The lowest BCUT2D eigenvalue weighted by Gasteiger charge is -2.16. The molecule has 238 valence electrons. The summed E-state index contributed by atoms with van der Waals surface area (Å²) in [5.41, 5.74) is 2.00. The lowest BCUT2D eigenvalue weighted by atomic mass is 10.1. The zero-order valence-corrected chi connectivity index (χ0v) is 25.0. The molecule has 10 nitrogen and oxygen atoms in total. The SMILES string of the molecule is C[C@H](NC(=O)OCc1ccccc1)C(=O)Nc1ccc(C2S/C(=N\c3cccc(OC(F)(F)F)c3)N(Cc3ccco3)C2=O)cc1. The maximum atomic E-state index is 13.6. The van der Waals surface area contributed by atoms with Crippen LogP contribution < -0.4 is 15.4 Å². The molecule has 14 heteroatoms. The smallest absolute Gasteiger partial charge is 0.467 e. The number of amides is 3. The molecule has 0 spiro atoms. The van der Waals surface area contributed by atoms with Gasteiger partial charge < -0.3 is 24.5 Å². The number of carbonyl (C=O) groups excluding carboxylic acids is 3. The molecule has 2 heterocycles. The van der Waals surface area contributed by atoms with Crippen molar-refractivity contribution in [3.8, 4) is 5.75 Å². The van der Waals surface area contributed by atoms with Gasteiger partial charge in [-0.2, -0.15) is 0 Å². The number of carbonyl (C=O) groups is 3. The van der Waals surface area contributed by atoms with Gasteiger partial charge in [0.1, 0.15) is 29.4 Å². The molecule has 2 N–H and O–H groups in total. The van der Waals surface area contributed by atoms with Crippen LogP contribution in [0, 0.1) is 0 Å². The molecule has 5 rings (SSSR count). The largest absolute Gasteiger partial charge is 0.573 e. The Labute approximate surface area is 265 Å². The Morgan fingerprint density at radius 3 is 2.48 bits per heavy atom. The lowest BCUT2D eigenvalue weighted by molar-refractivity contribution is -0.274. The molecule has 1 fully saturated rings. The molecule has 1 aromatic heterocycles. The Morgan fingerprint density at radius 2 is 1.78 bits per heavy atom. The second-order valence-corrected chi connectivity index (χ2v) is 11.1. The van der Waals surface area contributed by atoms with Gasteiger partial charge in [0.05, 0.1) is 18.5 Å². The lowest BCUT2D eigenvalue weighted by Crippen LogP contribution is -2.41. The summed E-state index contributed by atoms with van der Waals surface area (Å²) in [5, 5.41) is 4.72. The average Bonchev–Trinajstić information content (AvgIpc) is 3.64. The standard InChI is InChI=1S/C32H27F3N4O6S/c1-20(36-31(42)44-19-21-7-3-2-4-8-21)28(40)37-23-14-12-22(13-15-23)27-29(41)39(18-26-11-6-16-43-26)30(46-27)38-24-9-5-10-25(17-24)45-32(33,34)35/h2-17,20,27H,18-19H2,1H3,(H,36,42)(H,37,40)/b38-30-/t20-,27?/m0/s1. The van der Waals surface area contributed by atoms with E-state index in [2.05, 4.69) is 20.4 Å². The second-order valence-electron chi connectivity index (χ2n) is 9.98.